The number of amides is 1. The Morgan fingerprint density at radius 1 is 1.11 bits per heavy atom. The van der Waals surface area contributed by atoms with Crippen molar-refractivity contribution in [2.24, 2.45) is 0 Å². The van der Waals surface area contributed by atoms with Crippen molar-refractivity contribution in [3.63, 3.8) is 0 Å². The van der Waals surface area contributed by atoms with Gasteiger partial charge in [0.05, 0.1) is 6.04 Å². The van der Waals surface area contributed by atoms with Crippen LogP contribution in [0.3, 0.4) is 0 Å². The maximum Gasteiger partial charge on any atom is 0.252 e. The van der Waals surface area contributed by atoms with Gasteiger partial charge in [-0.2, -0.15) is 0 Å². The molecule has 3 heteroatoms. The molecule has 0 bridgehead atoms. The molecule has 0 heterocycles. The van der Waals surface area contributed by atoms with Crippen LogP contribution in [0.15, 0.2) is 48.5 Å². The Kier molecular flexibility index (Phi) is 3.85. The number of nitrogen functional groups attached to an aromatic ring is 1. The van der Waals surface area contributed by atoms with E-state index in [1.165, 1.54) is 0 Å². The fourth-order valence-electron chi connectivity index (χ4n) is 2.00. The van der Waals surface area contributed by atoms with Crippen molar-refractivity contribution < 1.29 is 4.79 Å². The summed E-state index contributed by atoms with van der Waals surface area (Å²) in [7, 11) is 0. The molecule has 0 spiro atoms. The molecule has 2 aromatic carbocycles. The molecule has 0 aliphatic heterocycles. The third-order valence-electron chi connectivity index (χ3n) is 3.27. The van der Waals surface area contributed by atoms with E-state index in [9.17, 15) is 4.79 Å². The van der Waals surface area contributed by atoms with E-state index in [0.717, 1.165) is 11.1 Å². The van der Waals surface area contributed by atoms with Gasteiger partial charge in [0.1, 0.15) is 0 Å². The molecule has 19 heavy (non-hydrogen) atoms. The Hall–Kier alpha value is -2.29. The fraction of sp³-hybridized carbons (Fsp3) is 0.188. The topological polar surface area (TPSA) is 55.1 Å². The molecule has 1 atom stereocenters. The normalized spacial score (nSPS) is 11.9. The molecule has 3 N–H and O–H groups in total. The van der Waals surface area contributed by atoms with Crippen LogP contribution in [0.2, 0.25) is 0 Å². The van der Waals surface area contributed by atoms with Crippen LogP contribution < -0.4 is 11.1 Å². The third-order valence-corrected chi connectivity index (χ3v) is 3.27. The number of anilines is 1. The highest BCUT2D eigenvalue weighted by Gasteiger charge is 2.13. The molecule has 0 radical (unpaired) electrons. The molecule has 1 unspecified atom stereocenters. The average Bonchev–Trinajstić information content (AvgIpc) is 2.42. The number of carbonyl (C=O) groups is 1. The minimum atomic E-state index is -0.0962. The van der Waals surface area contributed by atoms with Crippen molar-refractivity contribution in [1.82, 2.24) is 5.32 Å². The molecule has 0 aromatic heterocycles. The van der Waals surface area contributed by atoms with Gasteiger partial charge in [0.15, 0.2) is 0 Å². The van der Waals surface area contributed by atoms with Gasteiger partial charge in [0.2, 0.25) is 0 Å². The Labute approximate surface area is 113 Å². The van der Waals surface area contributed by atoms with Crippen molar-refractivity contribution >= 4 is 11.6 Å². The van der Waals surface area contributed by atoms with Gasteiger partial charge in [-0.1, -0.05) is 36.4 Å². The molecular weight excluding hydrogens is 236 g/mol. The summed E-state index contributed by atoms with van der Waals surface area (Å²) in [5.74, 6) is -0.0962. The van der Waals surface area contributed by atoms with E-state index >= 15 is 0 Å². The maximum absolute atomic E-state index is 12.2. The summed E-state index contributed by atoms with van der Waals surface area (Å²) in [5.41, 5.74) is 8.99. The molecule has 0 fully saturated rings. The third kappa shape index (κ3) is 2.94. The lowest BCUT2D eigenvalue weighted by molar-refractivity contribution is 0.0939. The number of benzene rings is 2. The Morgan fingerprint density at radius 2 is 1.79 bits per heavy atom. The lowest BCUT2D eigenvalue weighted by Crippen LogP contribution is -2.27. The summed E-state index contributed by atoms with van der Waals surface area (Å²) in [6.45, 7) is 3.83. The Bertz CT molecular complexity index is 579. The van der Waals surface area contributed by atoms with Crippen LogP contribution in [0, 0.1) is 6.92 Å². The van der Waals surface area contributed by atoms with Crippen LogP contribution in [-0.4, -0.2) is 5.91 Å². The van der Waals surface area contributed by atoms with E-state index in [0.29, 0.717) is 11.3 Å². The van der Waals surface area contributed by atoms with Gasteiger partial charge < -0.3 is 11.1 Å². The standard InChI is InChI=1S/C16H18N2O/c1-11-14(9-6-10-15(11)17)16(19)18-12(2)13-7-4-3-5-8-13/h3-10,12H,17H2,1-2H3,(H,18,19). The molecular formula is C16H18N2O. The maximum atomic E-state index is 12.2. The van der Waals surface area contributed by atoms with Crippen molar-refractivity contribution in [1.29, 1.82) is 0 Å². The molecule has 0 saturated heterocycles. The van der Waals surface area contributed by atoms with Crippen molar-refractivity contribution in [2.75, 3.05) is 5.73 Å². The van der Waals surface area contributed by atoms with E-state index in [1.54, 1.807) is 18.2 Å². The zero-order valence-corrected chi connectivity index (χ0v) is 11.2. The van der Waals surface area contributed by atoms with E-state index < -0.39 is 0 Å². The first kappa shape index (κ1) is 13.1. The van der Waals surface area contributed by atoms with E-state index in [2.05, 4.69) is 5.32 Å². The molecule has 2 aromatic rings. The van der Waals surface area contributed by atoms with Crippen molar-refractivity contribution in [2.45, 2.75) is 19.9 Å². The lowest BCUT2D eigenvalue weighted by Gasteiger charge is -2.15. The average molecular weight is 254 g/mol. The molecule has 0 aliphatic rings. The first-order valence-electron chi connectivity index (χ1n) is 6.30. The Balaban J connectivity index is 2.16. The smallest absolute Gasteiger partial charge is 0.252 e. The van der Waals surface area contributed by atoms with E-state index in [1.807, 2.05) is 44.2 Å². The predicted octanol–water partition coefficient (Wildman–Crippen LogP) is 3.07. The van der Waals surface area contributed by atoms with Crippen LogP contribution in [0.25, 0.3) is 0 Å². The monoisotopic (exact) mass is 254 g/mol. The summed E-state index contributed by atoms with van der Waals surface area (Å²) in [4.78, 5) is 12.2. The second kappa shape index (κ2) is 5.57. The zero-order chi connectivity index (χ0) is 13.8. The number of carbonyl (C=O) groups excluding carboxylic acids is 1. The van der Waals surface area contributed by atoms with Gasteiger partial charge in [-0.05, 0) is 37.1 Å². The van der Waals surface area contributed by atoms with Gasteiger partial charge in [0, 0.05) is 11.3 Å². The summed E-state index contributed by atoms with van der Waals surface area (Å²) in [6.07, 6.45) is 0. The number of hydrogen-bond donors (Lipinski definition) is 2. The highest BCUT2D eigenvalue weighted by molar-refractivity contribution is 5.97. The summed E-state index contributed by atoms with van der Waals surface area (Å²) in [6, 6.07) is 15.2. The molecule has 3 nitrogen and oxygen atoms in total. The SMILES string of the molecule is Cc1c(N)cccc1C(=O)NC(C)c1ccccc1. The number of nitrogens with one attached hydrogen (secondary N) is 1. The van der Waals surface area contributed by atoms with Gasteiger partial charge in [-0.25, -0.2) is 0 Å². The first-order chi connectivity index (χ1) is 9.09. The second-order valence-electron chi connectivity index (χ2n) is 4.63. The fourth-order valence-corrected chi connectivity index (χ4v) is 2.00. The minimum Gasteiger partial charge on any atom is -0.398 e. The molecule has 98 valence electrons. The lowest BCUT2D eigenvalue weighted by atomic mass is 10.0. The zero-order valence-electron chi connectivity index (χ0n) is 11.2. The van der Waals surface area contributed by atoms with Crippen molar-refractivity contribution in [3.05, 3.63) is 65.2 Å². The van der Waals surface area contributed by atoms with Crippen LogP contribution in [0.1, 0.15) is 34.5 Å². The number of nitrogens with two attached hydrogens (primary N) is 1. The molecule has 0 saturated carbocycles. The summed E-state index contributed by atoms with van der Waals surface area (Å²) < 4.78 is 0. The first-order valence-corrected chi connectivity index (χ1v) is 6.30. The van der Waals surface area contributed by atoms with Gasteiger partial charge in [-0.3, -0.25) is 4.79 Å². The predicted molar refractivity (Wildman–Crippen MR) is 77.9 cm³/mol. The van der Waals surface area contributed by atoms with Gasteiger partial charge in [-0.15, -0.1) is 0 Å². The summed E-state index contributed by atoms with van der Waals surface area (Å²) >= 11 is 0. The summed E-state index contributed by atoms with van der Waals surface area (Å²) in [5, 5.41) is 2.99. The molecule has 0 aliphatic carbocycles. The Morgan fingerprint density at radius 3 is 2.47 bits per heavy atom. The second-order valence-corrected chi connectivity index (χ2v) is 4.63. The van der Waals surface area contributed by atoms with Crippen LogP contribution in [0.5, 0.6) is 0 Å². The largest absolute Gasteiger partial charge is 0.398 e. The quantitative estimate of drug-likeness (QED) is 0.827. The van der Waals surface area contributed by atoms with Crippen LogP contribution >= 0.6 is 0 Å². The highest BCUT2D eigenvalue weighted by Crippen LogP contribution is 2.17. The minimum absolute atomic E-state index is 0.0328. The highest BCUT2D eigenvalue weighted by atomic mass is 16.1. The van der Waals surface area contributed by atoms with Crippen molar-refractivity contribution in [3.8, 4) is 0 Å². The van der Waals surface area contributed by atoms with Crippen LogP contribution in [-0.2, 0) is 0 Å². The molecule has 1 amide bonds. The number of hydrogen-bond acceptors (Lipinski definition) is 2. The van der Waals surface area contributed by atoms with Crippen LogP contribution in [0.4, 0.5) is 5.69 Å². The van der Waals surface area contributed by atoms with E-state index in [4.69, 9.17) is 5.73 Å². The van der Waals surface area contributed by atoms with Gasteiger partial charge >= 0.3 is 0 Å². The molecule has 2 rings (SSSR count). The number of rotatable bonds is 3. The van der Waals surface area contributed by atoms with Gasteiger partial charge in [0.25, 0.3) is 5.91 Å². The van der Waals surface area contributed by atoms with E-state index in [-0.39, 0.29) is 11.9 Å².